The number of nitrogens with zero attached hydrogens (tertiary/aromatic N) is 3. The Balaban J connectivity index is 1.45. The predicted octanol–water partition coefficient (Wildman–Crippen LogP) is 3.62. The van der Waals surface area contributed by atoms with Crippen molar-refractivity contribution in [2.24, 2.45) is 0 Å². The van der Waals surface area contributed by atoms with E-state index in [0.29, 0.717) is 32.5 Å². The van der Waals surface area contributed by atoms with Gasteiger partial charge in [0.15, 0.2) is 0 Å². The molecule has 8 nitrogen and oxygen atoms in total. The van der Waals surface area contributed by atoms with Crippen molar-refractivity contribution in [1.82, 2.24) is 14.7 Å². The average Bonchev–Trinajstić information content (AvgIpc) is 3.07. The zero-order valence-electron chi connectivity index (χ0n) is 20.6. The number of benzene rings is 2. The SMILES string of the molecule is COCN1C(=O)N(C/C=C/c2ccccc2)C(=O)C12CCN(Cc1cc(OC)cc(OC)c1)CC2. The summed E-state index contributed by atoms with van der Waals surface area (Å²) in [5.41, 5.74) is 1.24. The highest BCUT2D eigenvalue weighted by Crippen LogP contribution is 2.38. The van der Waals surface area contributed by atoms with E-state index in [4.69, 9.17) is 14.2 Å². The zero-order chi connectivity index (χ0) is 24.8. The second kappa shape index (κ2) is 10.9. The zero-order valence-corrected chi connectivity index (χ0v) is 20.6. The molecule has 3 amide bonds. The maximum absolute atomic E-state index is 13.6. The Morgan fingerprint density at radius 3 is 2.20 bits per heavy atom. The van der Waals surface area contributed by atoms with Gasteiger partial charge >= 0.3 is 6.03 Å². The van der Waals surface area contributed by atoms with Crippen LogP contribution in [0.1, 0.15) is 24.0 Å². The molecule has 35 heavy (non-hydrogen) atoms. The minimum atomic E-state index is -0.865. The first kappa shape index (κ1) is 24.8. The molecule has 2 heterocycles. The third-order valence-electron chi connectivity index (χ3n) is 6.78. The van der Waals surface area contributed by atoms with Crippen molar-refractivity contribution in [3.8, 4) is 11.5 Å². The van der Waals surface area contributed by atoms with E-state index < -0.39 is 5.54 Å². The molecule has 2 saturated heterocycles. The highest BCUT2D eigenvalue weighted by molar-refractivity contribution is 6.07. The maximum Gasteiger partial charge on any atom is 0.329 e. The highest BCUT2D eigenvalue weighted by Gasteiger charge is 2.57. The fourth-order valence-electron chi connectivity index (χ4n) is 4.89. The number of amides is 3. The van der Waals surface area contributed by atoms with Crippen LogP contribution in [0.25, 0.3) is 6.08 Å². The summed E-state index contributed by atoms with van der Waals surface area (Å²) in [4.78, 5) is 32.0. The summed E-state index contributed by atoms with van der Waals surface area (Å²) in [6, 6.07) is 15.4. The van der Waals surface area contributed by atoms with Crippen molar-refractivity contribution in [3.05, 3.63) is 65.7 Å². The van der Waals surface area contributed by atoms with Crippen LogP contribution >= 0.6 is 0 Å². The van der Waals surface area contributed by atoms with Crippen LogP contribution < -0.4 is 9.47 Å². The summed E-state index contributed by atoms with van der Waals surface area (Å²) >= 11 is 0. The van der Waals surface area contributed by atoms with Gasteiger partial charge in [0.1, 0.15) is 23.8 Å². The molecule has 186 valence electrons. The number of rotatable bonds is 9. The number of ether oxygens (including phenoxy) is 3. The number of imide groups is 1. The van der Waals surface area contributed by atoms with Gasteiger partial charge in [-0.3, -0.25) is 19.5 Å². The number of piperidine rings is 1. The number of hydrogen-bond donors (Lipinski definition) is 0. The van der Waals surface area contributed by atoms with Gasteiger partial charge in [-0.1, -0.05) is 42.5 Å². The van der Waals surface area contributed by atoms with Crippen LogP contribution in [0.5, 0.6) is 11.5 Å². The average molecular weight is 480 g/mol. The molecule has 2 aromatic rings. The number of carbonyl (C=O) groups excluding carboxylic acids is 2. The van der Waals surface area contributed by atoms with E-state index in [2.05, 4.69) is 4.90 Å². The lowest BCUT2D eigenvalue weighted by atomic mass is 9.86. The third kappa shape index (κ3) is 5.18. The molecule has 2 aromatic carbocycles. The van der Waals surface area contributed by atoms with Crippen molar-refractivity contribution in [3.63, 3.8) is 0 Å². The predicted molar refractivity (Wildman–Crippen MR) is 133 cm³/mol. The number of likely N-dealkylation sites (tertiary alicyclic amines) is 1. The lowest BCUT2D eigenvalue weighted by Crippen LogP contribution is -2.56. The van der Waals surface area contributed by atoms with Crippen molar-refractivity contribution >= 4 is 18.0 Å². The van der Waals surface area contributed by atoms with Gasteiger partial charge in [-0.05, 0) is 36.1 Å². The van der Waals surface area contributed by atoms with Crippen LogP contribution in [0.3, 0.4) is 0 Å². The first-order valence-electron chi connectivity index (χ1n) is 11.8. The summed E-state index contributed by atoms with van der Waals surface area (Å²) in [5.74, 6) is 1.35. The molecule has 0 saturated carbocycles. The fourth-order valence-corrected chi connectivity index (χ4v) is 4.89. The Morgan fingerprint density at radius 1 is 0.943 bits per heavy atom. The molecule has 2 fully saturated rings. The molecule has 0 aromatic heterocycles. The molecular formula is C27H33N3O5. The summed E-state index contributed by atoms with van der Waals surface area (Å²) in [5, 5.41) is 0. The third-order valence-corrected chi connectivity index (χ3v) is 6.78. The summed E-state index contributed by atoms with van der Waals surface area (Å²) < 4.78 is 16.1. The molecule has 2 aliphatic rings. The minimum absolute atomic E-state index is 0.0938. The van der Waals surface area contributed by atoms with E-state index in [9.17, 15) is 9.59 Å². The van der Waals surface area contributed by atoms with Crippen LogP contribution in [-0.2, 0) is 16.1 Å². The van der Waals surface area contributed by atoms with Gasteiger partial charge < -0.3 is 14.2 Å². The molecule has 0 bridgehead atoms. The number of carbonyl (C=O) groups is 2. The van der Waals surface area contributed by atoms with E-state index in [1.54, 1.807) is 26.2 Å². The smallest absolute Gasteiger partial charge is 0.329 e. The summed E-state index contributed by atoms with van der Waals surface area (Å²) in [6.07, 6.45) is 4.90. The Morgan fingerprint density at radius 2 is 1.60 bits per heavy atom. The van der Waals surface area contributed by atoms with E-state index in [1.165, 1.54) is 4.90 Å². The Kier molecular flexibility index (Phi) is 7.73. The van der Waals surface area contributed by atoms with Crippen molar-refractivity contribution in [2.75, 3.05) is 47.7 Å². The van der Waals surface area contributed by atoms with Gasteiger partial charge in [0.2, 0.25) is 0 Å². The van der Waals surface area contributed by atoms with Crippen molar-refractivity contribution < 1.29 is 23.8 Å². The Hall–Kier alpha value is -3.36. The van der Waals surface area contributed by atoms with Gasteiger partial charge in [0.25, 0.3) is 5.91 Å². The molecule has 0 aliphatic carbocycles. The summed E-state index contributed by atoms with van der Waals surface area (Å²) in [6.45, 7) is 2.41. The first-order valence-corrected chi connectivity index (χ1v) is 11.8. The molecular weight excluding hydrogens is 446 g/mol. The Labute approximate surface area is 206 Å². The van der Waals surface area contributed by atoms with E-state index in [0.717, 1.165) is 22.6 Å². The van der Waals surface area contributed by atoms with Gasteiger partial charge in [0.05, 0.1) is 14.2 Å². The first-order chi connectivity index (χ1) is 17.0. The largest absolute Gasteiger partial charge is 0.497 e. The molecule has 0 radical (unpaired) electrons. The quantitative estimate of drug-likeness (QED) is 0.512. The van der Waals surface area contributed by atoms with Crippen molar-refractivity contribution in [1.29, 1.82) is 0 Å². The van der Waals surface area contributed by atoms with E-state index in [1.807, 2.05) is 60.7 Å². The molecule has 4 rings (SSSR count). The van der Waals surface area contributed by atoms with Gasteiger partial charge in [-0.15, -0.1) is 0 Å². The molecule has 0 unspecified atom stereocenters. The molecule has 1 spiro atoms. The van der Waals surface area contributed by atoms with Crippen LogP contribution in [0.4, 0.5) is 4.79 Å². The summed E-state index contributed by atoms with van der Waals surface area (Å²) in [7, 11) is 4.82. The monoisotopic (exact) mass is 479 g/mol. The normalized spacial score (nSPS) is 18.1. The van der Waals surface area contributed by atoms with Crippen LogP contribution in [0, 0.1) is 0 Å². The molecule has 8 heteroatoms. The van der Waals surface area contributed by atoms with Crippen LogP contribution in [0.15, 0.2) is 54.6 Å². The lowest BCUT2D eigenvalue weighted by Gasteiger charge is -2.41. The lowest BCUT2D eigenvalue weighted by molar-refractivity contribution is -0.137. The van der Waals surface area contributed by atoms with Crippen LogP contribution in [0.2, 0.25) is 0 Å². The number of methoxy groups -OCH3 is 3. The van der Waals surface area contributed by atoms with Gasteiger partial charge in [0, 0.05) is 39.4 Å². The van der Waals surface area contributed by atoms with Gasteiger partial charge in [-0.25, -0.2) is 4.79 Å². The second-order valence-corrected chi connectivity index (χ2v) is 8.89. The number of urea groups is 1. The second-order valence-electron chi connectivity index (χ2n) is 8.89. The van der Waals surface area contributed by atoms with Gasteiger partial charge in [-0.2, -0.15) is 0 Å². The topological polar surface area (TPSA) is 71.6 Å². The Bertz CT molecular complexity index is 1040. The standard InChI is InChI=1S/C27H33N3O5/c1-33-20-30-26(32)29(13-7-10-21-8-5-4-6-9-21)25(31)27(30)11-14-28(15-12-27)19-22-16-23(34-2)18-24(17-22)35-3/h4-10,16-18H,11-15,19-20H2,1-3H3/b10-7+. The highest BCUT2D eigenvalue weighted by atomic mass is 16.5. The van der Waals surface area contributed by atoms with E-state index >= 15 is 0 Å². The molecule has 0 N–H and O–H groups in total. The molecule has 2 aliphatic heterocycles. The maximum atomic E-state index is 13.6. The fraction of sp³-hybridized carbons (Fsp3) is 0.407. The van der Waals surface area contributed by atoms with Crippen molar-refractivity contribution in [2.45, 2.75) is 24.9 Å². The van der Waals surface area contributed by atoms with Crippen LogP contribution in [-0.4, -0.2) is 79.9 Å². The number of hydrogen-bond acceptors (Lipinski definition) is 6. The minimum Gasteiger partial charge on any atom is -0.497 e. The van der Waals surface area contributed by atoms with E-state index in [-0.39, 0.29) is 25.2 Å². The molecule has 0 atom stereocenters.